The minimum absolute atomic E-state index is 0.512. The van der Waals surface area contributed by atoms with Crippen molar-refractivity contribution in [3.8, 4) is 11.3 Å². The van der Waals surface area contributed by atoms with E-state index >= 15 is 0 Å². The topological polar surface area (TPSA) is 111 Å². The van der Waals surface area contributed by atoms with E-state index in [9.17, 15) is 14.7 Å². The van der Waals surface area contributed by atoms with Gasteiger partial charge in [-0.3, -0.25) is 4.79 Å². The SMILES string of the molecule is CCCCSC#CN=CONc1cccc(N(C)C(CC(=O)O)C(=O)O)c1. The van der Waals surface area contributed by atoms with Crippen molar-refractivity contribution in [3.63, 3.8) is 0 Å². The molecule has 1 aromatic rings. The van der Waals surface area contributed by atoms with Crippen LogP contribution in [0.3, 0.4) is 0 Å². The lowest BCUT2D eigenvalue weighted by Gasteiger charge is -2.26. The van der Waals surface area contributed by atoms with Gasteiger partial charge in [0.05, 0.1) is 12.1 Å². The van der Waals surface area contributed by atoms with E-state index in [1.165, 1.54) is 23.7 Å². The summed E-state index contributed by atoms with van der Waals surface area (Å²) >= 11 is 1.50. The molecule has 0 amide bonds. The van der Waals surface area contributed by atoms with Gasteiger partial charge in [0.2, 0.25) is 6.40 Å². The number of hydrogen-bond donors (Lipinski definition) is 3. The fourth-order valence-corrected chi connectivity index (χ4v) is 2.65. The molecule has 0 saturated carbocycles. The second kappa shape index (κ2) is 12.5. The Morgan fingerprint density at radius 2 is 2.22 bits per heavy atom. The first kappa shape index (κ1) is 22.2. The van der Waals surface area contributed by atoms with Crippen LogP contribution >= 0.6 is 11.8 Å². The van der Waals surface area contributed by atoms with E-state index < -0.39 is 24.4 Å². The highest BCUT2D eigenvalue weighted by molar-refractivity contribution is 8.03. The number of aliphatic imine (C=N–C) groups is 1. The zero-order valence-corrected chi connectivity index (χ0v) is 16.0. The molecule has 0 aromatic heterocycles. The molecule has 27 heavy (non-hydrogen) atoms. The average molecular weight is 393 g/mol. The van der Waals surface area contributed by atoms with Crippen molar-refractivity contribution in [2.45, 2.75) is 32.2 Å². The lowest BCUT2D eigenvalue weighted by molar-refractivity contribution is -0.145. The number of unbranched alkanes of at least 4 members (excludes halogenated alkanes) is 1. The molecule has 1 atom stereocenters. The van der Waals surface area contributed by atoms with Crippen LogP contribution in [0.4, 0.5) is 11.4 Å². The number of likely N-dealkylation sites (N-methyl/N-ethyl adjacent to an activating group) is 1. The van der Waals surface area contributed by atoms with Gasteiger partial charge in [-0.05, 0) is 29.9 Å². The maximum atomic E-state index is 11.3. The molecule has 0 aliphatic heterocycles. The molecule has 0 bridgehead atoms. The van der Waals surface area contributed by atoms with Crippen molar-refractivity contribution in [3.05, 3.63) is 24.3 Å². The van der Waals surface area contributed by atoms with Crippen molar-refractivity contribution in [2.24, 2.45) is 4.99 Å². The molecule has 0 radical (unpaired) electrons. The Morgan fingerprint density at radius 3 is 2.89 bits per heavy atom. The molecule has 0 fully saturated rings. The number of hydrogen-bond acceptors (Lipinski definition) is 7. The van der Waals surface area contributed by atoms with Crippen LogP contribution in [0, 0.1) is 11.3 Å². The molecule has 0 saturated heterocycles. The van der Waals surface area contributed by atoms with Crippen molar-refractivity contribution < 1.29 is 24.6 Å². The normalized spacial score (nSPS) is 11.3. The van der Waals surface area contributed by atoms with Gasteiger partial charge in [0.25, 0.3) is 0 Å². The van der Waals surface area contributed by atoms with Crippen LogP contribution in [-0.4, -0.2) is 47.4 Å². The molecule has 1 rings (SSSR count). The van der Waals surface area contributed by atoms with Gasteiger partial charge in [-0.1, -0.05) is 31.2 Å². The van der Waals surface area contributed by atoms with Crippen LogP contribution in [0.25, 0.3) is 0 Å². The summed E-state index contributed by atoms with van der Waals surface area (Å²) in [6.07, 6.45) is 2.89. The van der Waals surface area contributed by atoms with E-state index in [0.29, 0.717) is 11.4 Å². The number of nitrogens with zero attached hydrogens (tertiary/aromatic N) is 2. The van der Waals surface area contributed by atoms with E-state index in [0.717, 1.165) is 25.0 Å². The Morgan fingerprint density at radius 1 is 1.44 bits per heavy atom. The van der Waals surface area contributed by atoms with Gasteiger partial charge >= 0.3 is 11.9 Å². The zero-order chi connectivity index (χ0) is 20.1. The maximum absolute atomic E-state index is 11.3. The van der Waals surface area contributed by atoms with Gasteiger partial charge in [0, 0.05) is 24.5 Å². The van der Waals surface area contributed by atoms with E-state index in [1.54, 1.807) is 24.3 Å². The predicted molar refractivity (Wildman–Crippen MR) is 107 cm³/mol. The summed E-state index contributed by atoms with van der Waals surface area (Å²) in [5.74, 6) is -1.42. The number of carboxylic acids is 2. The molecule has 3 N–H and O–H groups in total. The molecule has 0 aliphatic carbocycles. The third-order valence-electron chi connectivity index (χ3n) is 3.44. The third-order valence-corrected chi connectivity index (χ3v) is 4.17. The largest absolute Gasteiger partial charge is 0.481 e. The first-order valence-electron chi connectivity index (χ1n) is 8.28. The number of thioether (sulfide) groups is 1. The molecule has 1 aromatic carbocycles. The molecular weight excluding hydrogens is 370 g/mol. The quantitative estimate of drug-likeness (QED) is 0.173. The minimum Gasteiger partial charge on any atom is -0.481 e. The highest BCUT2D eigenvalue weighted by atomic mass is 32.2. The summed E-state index contributed by atoms with van der Waals surface area (Å²) in [7, 11) is 1.52. The highest BCUT2D eigenvalue weighted by Crippen LogP contribution is 2.21. The maximum Gasteiger partial charge on any atom is 0.326 e. The zero-order valence-electron chi connectivity index (χ0n) is 15.2. The van der Waals surface area contributed by atoms with E-state index in [1.807, 2.05) is 0 Å². The second-order valence-corrected chi connectivity index (χ2v) is 6.38. The van der Waals surface area contributed by atoms with Crippen molar-refractivity contribution in [1.82, 2.24) is 0 Å². The molecule has 9 heteroatoms. The van der Waals surface area contributed by atoms with Crippen molar-refractivity contribution >= 4 is 41.5 Å². The smallest absolute Gasteiger partial charge is 0.326 e. The Hall–Kier alpha value is -2.86. The standard InChI is InChI=1S/C18H23N3O5S/c1-3-4-9-27-10-8-19-13-26-20-14-6-5-7-15(11-14)21(2)16(18(24)25)12-17(22)23/h5-7,11,13,16,20H,3-4,9,12H2,1-2H3,(H,22,23)(H,24,25). The monoisotopic (exact) mass is 393 g/mol. The summed E-state index contributed by atoms with van der Waals surface area (Å²) in [4.78, 5) is 32.4. The fraction of sp³-hybridized carbons (Fsp3) is 0.389. The lowest BCUT2D eigenvalue weighted by atomic mass is 10.1. The first-order chi connectivity index (χ1) is 13.0. The molecule has 0 aliphatic rings. The Balaban J connectivity index is 2.60. The lowest BCUT2D eigenvalue weighted by Crippen LogP contribution is -2.40. The second-order valence-electron chi connectivity index (χ2n) is 5.48. The fourth-order valence-electron chi connectivity index (χ4n) is 2.00. The number of benzene rings is 1. The highest BCUT2D eigenvalue weighted by Gasteiger charge is 2.26. The number of aliphatic carboxylic acids is 2. The average Bonchev–Trinajstić information content (AvgIpc) is 2.64. The van der Waals surface area contributed by atoms with Gasteiger partial charge < -0.3 is 20.0 Å². The van der Waals surface area contributed by atoms with Crippen molar-refractivity contribution in [2.75, 3.05) is 23.2 Å². The van der Waals surface area contributed by atoms with E-state index in [4.69, 9.17) is 9.94 Å². The Kier molecular flexibility index (Phi) is 10.3. The summed E-state index contributed by atoms with van der Waals surface area (Å²) in [6, 6.07) is 8.13. The predicted octanol–water partition coefficient (Wildman–Crippen LogP) is 2.87. The number of carbonyl (C=O) groups is 2. The molecule has 0 spiro atoms. The van der Waals surface area contributed by atoms with Crippen LogP contribution in [0.15, 0.2) is 29.3 Å². The molecular formula is C18H23N3O5S. The number of nitrogens with one attached hydrogen (secondary N) is 1. The molecule has 1 unspecified atom stereocenters. The number of carboxylic acid groups (broad SMARTS) is 2. The Labute approximate surface area is 162 Å². The summed E-state index contributed by atoms with van der Waals surface area (Å²) < 4.78 is 0. The summed E-state index contributed by atoms with van der Waals surface area (Å²) in [6.45, 7) is 2.12. The van der Waals surface area contributed by atoms with Gasteiger partial charge in [-0.2, -0.15) is 4.99 Å². The minimum atomic E-state index is -1.21. The van der Waals surface area contributed by atoms with Crippen molar-refractivity contribution in [1.29, 1.82) is 0 Å². The van der Waals surface area contributed by atoms with Gasteiger partial charge in [0.1, 0.15) is 6.04 Å². The molecule has 146 valence electrons. The van der Waals surface area contributed by atoms with Crippen LogP contribution in [-0.2, 0) is 14.4 Å². The van der Waals surface area contributed by atoms with Crippen LogP contribution in [0.5, 0.6) is 0 Å². The molecule has 8 nitrogen and oxygen atoms in total. The van der Waals surface area contributed by atoms with E-state index in [2.05, 4.69) is 28.7 Å². The molecule has 0 heterocycles. The number of rotatable bonds is 11. The van der Waals surface area contributed by atoms with Crippen LogP contribution < -0.4 is 10.4 Å². The van der Waals surface area contributed by atoms with Gasteiger partial charge in [0.15, 0.2) is 0 Å². The number of anilines is 2. The van der Waals surface area contributed by atoms with Gasteiger partial charge in [-0.15, -0.1) is 0 Å². The first-order valence-corrected chi connectivity index (χ1v) is 9.26. The van der Waals surface area contributed by atoms with E-state index in [-0.39, 0.29) is 0 Å². The third kappa shape index (κ3) is 8.87. The summed E-state index contributed by atoms with van der Waals surface area (Å²) in [5.41, 5.74) is 3.73. The van der Waals surface area contributed by atoms with Crippen LogP contribution in [0.1, 0.15) is 26.2 Å². The summed E-state index contributed by atoms with van der Waals surface area (Å²) in [5, 5.41) is 21.0. The Bertz CT molecular complexity index is 714. The van der Waals surface area contributed by atoms with Crippen LogP contribution in [0.2, 0.25) is 0 Å². The van der Waals surface area contributed by atoms with Gasteiger partial charge in [-0.25, -0.2) is 10.3 Å².